The SMILES string of the molecule is CC=C(CC(=O)OCC)O[Si](C)(C)C. The Balaban J connectivity index is 4.12. The molecule has 0 aromatic carbocycles. The maximum absolute atomic E-state index is 11.2. The number of esters is 1. The summed E-state index contributed by atoms with van der Waals surface area (Å²) in [5.74, 6) is 0.501. The van der Waals surface area contributed by atoms with Crippen molar-refractivity contribution in [2.75, 3.05) is 6.61 Å². The van der Waals surface area contributed by atoms with Gasteiger partial charge in [-0.3, -0.25) is 4.79 Å². The van der Waals surface area contributed by atoms with Gasteiger partial charge in [0.25, 0.3) is 0 Å². The van der Waals surface area contributed by atoms with Crippen LogP contribution in [0.5, 0.6) is 0 Å². The van der Waals surface area contributed by atoms with Gasteiger partial charge >= 0.3 is 5.97 Å². The van der Waals surface area contributed by atoms with Crippen LogP contribution in [0.25, 0.3) is 0 Å². The molecule has 0 radical (unpaired) electrons. The Morgan fingerprint density at radius 3 is 2.29 bits per heavy atom. The molecule has 0 heterocycles. The molecule has 0 atom stereocenters. The molecular weight excluding hydrogens is 196 g/mol. The average Bonchev–Trinajstić information content (AvgIpc) is 2.01. The Morgan fingerprint density at radius 2 is 1.93 bits per heavy atom. The summed E-state index contributed by atoms with van der Waals surface area (Å²) < 4.78 is 10.5. The highest BCUT2D eigenvalue weighted by molar-refractivity contribution is 6.70. The van der Waals surface area contributed by atoms with Crippen LogP contribution in [0.15, 0.2) is 11.8 Å². The Labute approximate surface area is 87.2 Å². The number of carbonyl (C=O) groups excluding carboxylic acids is 1. The smallest absolute Gasteiger partial charge is 0.313 e. The lowest BCUT2D eigenvalue weighted by atomic mass is 10.3. The van der Waals surface area contributed by atoms with Crippen LogP contribution in [-0.2, 0) is 14.0 Å². The lowest BCUT2D eigenvalue weighted by Gasteiger charge is -2.21. The zero-order chi connectivity index (χ0) is 11.2. The molecule has 82 valence electrons. The first kappa shape index (κ1) is 13.2. The van der Waals surface area contributed by atoms with Gasteiger partial charge < -0.3 is 9.16 Å². The van der Waals surface area contributed by atoms with Crippen molar-refractivity contribution in [3.8, 4) is 0 Å². The number of rotatable bonds is 5. The summed E-state index contributed by atoms with van der Waals surface area (Å²) in [5, 5.41) is 0. The summed E-state index contributed by atoms with van der Waals surface area (Å²) >= 11 is 0. The van der Waals surface area contributed by atoms with E-state index in [1.54, 1.807) is 6.92 Å². The van der Waals surface area contributed by atoms with Crippen LogP contribution in [0, 0.1) is 0 Å². The molecule has 4 heteroatoms. The van der Waals surface area contributed by atoms with E-state index in [4.69, 9.17) is 9.16 Å². The van der Waals surface area contributed by atoms with Gasteiger partial charge in [0.15, 0.2) is 0 Å². The molecule has 0 aromatic rings. The van der Waals surface area contributed by atoms with E-state index in [1.165, 1.54) is 0 Å². The molecule has 0 saturated carbocycles. The summed E-state index contributed by atoms with van der Waals surface area (Å²) in [4.78, 5) is 11.2. The summed E-state index contributed by atoms with van der Waals surface area (Å²) in [6.45, 7) is 10.3. The van der Waals surface area contributed by atoms with Crippen molar-refractivity contribution in [3.63, 3.8) is 0 Å². The molecule has 0 unspecified atom stereocenters. The summed E-state index contributed by atoms with van der Waals surface area (Å²) in [6.07, 6.45) is 2.07. The molecule has 0 spiro atoms. The van der Waals surface area contributed by atoms with Crippen molar-refractivity contribution < 1.29 is 14.0 Å². The highest BCUT2D eigenvalue weighted by Gasteiger charge is 2.19. The Kier molecular flexibility index (Phi) is 5.53. The Bertz CT molecular complexity index is 216. The molecule has 0 aliphatic rings. The average molecular weight is 216 g/mol. The molecule has 0 aliphatic heterocycles. The van der Waals surface area contributed by atoms with Crippen LogP contribution in [0.1, 0.15) is 20.3 Å². The molecule has 3 nitrogen and oxygen atoms in total. The van der Waals surface area contributed by atoms with Crippen molar-refractivity contribution in [1.29, 1.82) is 0 Å². The quantitative estimate of drug-likeness (QED) is 0.403. The highest BCUT2D eigenvalue weighted by Crippen LogP contribution is 2.13. The van der Waals surface area contributed by atoms with E-state index in [0.717, 1.165) is 5.76 Å². The van der Waals surface area contributed by atoms with Crippen LogP contribution in [-0.4, -0.2) is 20.9 Å². The lowest BCUT2D eigenvalue weighted by Crippen LogP contribution is -2.25. The van der Waals surface area contributed by atoms with Crippen molar-refractivity contribution in [3.05, 3.63) is 11.8 Å². The number of hydrogen-bond donors (Lipinski definition) is 0. The van der Waals surface area contributed by atoms with Gasteiger partial charge in [0, 0.05) is 0 Å². The van der Waals surface area contributed by atoms with Crippen molar-refractivity contribution in [2.45, 2.75) is 39.9 Å². The number of ether oxygens (including phenoxy) is 1. The molecule has 0 bridgehead atoms. The molecular formula is C10H20O3Si. The first-order valence-corrected chi connectivity index (χ1v) is 8.29. The summed E-state index contributed by atoms with van der Waals surface area (Å²) in [7, 11) is -1.61. The van der Waals surface area contributed by atoms with Gasteiger partial charge in [0.2, 0.25) is 8.32 Å². The first-order chi connectivity index (χ1) is 6.39. The van der Waals surface area contributed by atoms with Gasteiger partial charge in [-0.1, -0.05) is 6.08 Å². The topological polar surface area (TPSA) is 35.5 Å². The van der Waals surface area contributed by atoms with Gasteiger partial charge in [0.05, 0.1) is 12.4 Å². The van der Waals surface area contributed by atoms with Gasteiger partial charge in [-0.15, -0.1) is 0 Å². The standard InChI is InChI=1S/C10H20O3Si/c1-6-9(13-14(3,4)5)8-10(11)12-7-2/h6H,7-8H2,1-5H3. The van der Waals surface area contributed by atoms with Gasteiger partial charge in [0.1, 0.15) is 6.42 Å². The second kappa shape index (κ2) is 5.85. The lowest BCUT2D eigenvalue weighted by molar-refractivity contribution is -0.142. The van der Waals surface area contributed by atoms with Crippen molar-refractivity contribution in [2.24, 2.45) is 0 Å². The van der Waals surface area contributed by atoms with Gasteiger partial charge in [-0.2, -0.15) is 0 Å². The molecule has 0 N–H and O–H groups in total. The zero-order valence-electron chi connectivity index (χ0n) is 9.72. The Hall–Kier alpha value is -0.773. The summed E-state index contributed by atoms with van der Waals surface area (Å²) in [6, 6.07) is 0. The third-order valence-corrected chi connectivity index (χ3v) is 2.26. The number of allylic oxidation sites excluding steroid dienone is 1. The van der Waals surface area contributed by atoms with E-state index in [-0.39, 0.29) is 12.4 Å². The molecule has 0 fully saturated rings. The molecule has 0 saturated heterocycles. The fraction of sp³-hybridized carbons (Fsp3) is 0.700. The molecule has 14 heavy (non-hydrogen) atoms. The van der Waals surface area contributed by atoms with E-state index in [9.17, 15) is 4.79 Å². The minimum absolute atomic E-state index is 0.223. The monoisotopic (exact) mass is 216 g/mol. The van der Waals surface area contributed by atoms with Gasteiger partial charge in [-0.25, -0.2) is 0 Å². The van der Waals surface area contributed by atoms with E-state index in [2.05, 4.69) is 19.6 Å². The second-order valence-electron chi connectivity index (χ2n) is 3.95. The second-order valence-corrected chi connectivity index (χ2v) is 8.38. The minimum Gasteiger partial charge on any atom is -0.547 e. The third-order valence-electron chi connectivity index (χ3n) is 1.38. The maximum Gasteiger partial charge on any atom is 0.313 e. The fourth-order valence-electron chi connectivity index (χ4n) is 0.945. The van der Waals surface area contributed by atoms with Crippen LogP contribution in [0.3, 0.4) is 0 Å². The number of hydrogen-bond acceptors (Lipinski definition) is 3. The molecule has 0 rings (SSSR count). The number of carbonyl (C=O) groups is 1. The highest BCUT2D eigenvalue weighted by atomic mass is 28.4. The molecule has 0 amide bonds. The first-order valence-electron chi connectivity index (χ1n) is 4.89. The minimum atomic E-state index is -1.61. The van der Waals surface area contributed by atoms with Crippen LogP contribution >= 0.6 is 0 Å². The maximum atomic E-state index is 11.2. The van der Waals surface area contributed by atoms with Crippen molar-refractivity contribution in [1.82, 2.24) is 0 Å². The van der Waals surface area contributed by atoms with Crippen molar-refractivity contribution >= 4 is 14.3 Å². The van der Waals surface area contributed by atoms with E-state index in [1.807, 2.05) is 13.0 Å². The van der Waals surface area contributed by atoms with Gasteiger partial charge in [-0.05, 0) is 33.5 Å². The Morgan fingerprint density at radius 1 is 1.36 bits per heavy atom. The largest absolute Gasteiger partial charge is 0.547 e. The molecule has 0 aliphatic carbocycles. The van der Waals surface area contributed by atoms with Crippen LogP contribution in [0.2, 0.25) is 19.6 Å². The van der Waals surface area contributed by atoms with Crippen LogP contribution < -0.4 is 0 Å². The zero-order valence-corrected chi connectivity index (χ0v) is 10.7. The molecule has 0 aromatic heterocycles. The predicted octanol–water partition coefficient (Wildman–Crippen LogP) is 2.69. The predicted molar refractivity (Wildman–Crippen MR) is 59.4 cm³/mol. The fourth-order valence-corrected chi connectivity index (χ4v) is 1.92. The normalized spacial score (nSPS) is 12.5. The third kappa shape index (κ3) is 6.71. The van der Waals surface area contributed by atoms with E-state index in [0.29, 0.717) is 6.61 Å². The van der Waals surface area contributed by atoms with E-state index >= 15 is 0 Å². The van der Waals surface area contributed by atoms with Crippen LogP contribution in [0.4, 0.5) is 0 Å². The van der Waals surface area contributed by atoms with E-state index < -0.39 is 8.32 Å². The summed E-state index contributed by atoms with van der Waals surface area (Å²) in [5.41, 5.74) is 0.